The van der Waals surface area contributed by atoms with Gasteiger partial charge in [-0.25, -0.2) is 4.98 Å². The molecule has 4 nitrogen and oxygen atoms in total. The number of methoxy groups -OCH3 is 1. The molecule has 0 radical (unpaired) electrons. The van der Waals surface area contributed by atoms with Gasteiger partial charge in [0, 0.05) is 11.8 Å². The van der Waals surface area contributed by atoms with Crippen molar-refractivity contribution in [3.8, 4) is 5.75 Å². The van der Waals surface area contributed by atoms with Crippen molar-refractivity contribution < 1.29 is 4.74 Å². The predicted molar refractivity (Wildman–Crippen MR) is 80.2 cm³/mol. The number of nitrogens with one attached hydrogen (secondary N) is 1. The molecule has 1 N–H and O–H groups in total. The van der Waals surface area contributed by atoms with Crippen molar-refractivity contribution in [3.05, 3.63) is 35.7 Å². The van der Waals surface area contributed by atoms with Crippen LogP contribution < -0.4 is 10.1 Å². The Balaban J connectivity index is 1.98. The molecule has 102 valence electrons. The molecule has 2 aromatic rings. The van der Waals surface area contributed by atoms with E-state index in [1.54, 1.807) is 18.9 Å². The third-order valence-corrected chi connectivity index (χ3v) is 4.77. The lowest BCUT2D eigenvalue weighted by Gasteiger charge is -2.15. The van der Waals surface area contributed by atoms with Crippen LogP contribution in [0.25, 0.3) is 0 Å². The number of nitrogens with zero attached hydrogens (tertiary/aromatic N) is 2. The highest BCUT2D eigenvalue weighted by atomic mass is 32.2. The molecular weight excluding hydrogens is 278 g/mol. The molecule has 1 heterocycles. The Morgan fingerprint density at radius 2 is 2.11 bits per heavy atom. The van der Waals surface area contributed by atoms with Crippen molar-refractivity contribution in [1.29, 1.82) is 0 Å². The number of hydrogen-bond acceptors (Lipinski definition) is 6. The molecule has 0 saturated heterocycles. The van der Waals surface area contributed by atoms with E-state index < -0.39 is 0 Å². The highest BCUT2D eigenvalue weighted by molar-refractivity contribution is 8.00. The van der Waals surface area contributed by atoms with Crippen molar-refractivity contribution in [3.63, 3.8) is 0 Å². The van der Waals surface area contributed by atoms with Crippen molar-refractivity contribution in [2.45, 2.75) is 17.3 Å². The first kappa shape index (κ1) is 14.3. The van der Waals surface area contributed by atoms with E-state index in [0.29, 0.717) is 6.04 Å². The molecule has 6 heteroatoms. The van der Waals surface area contributed by atoms with Gasteiger partial charge in [0.15, 0.2) is 4.34 Å². The summed E-state index contributed by atoms with van der Waals surface area (Å²) in [6.45, 7) is 1.92. The maximum atomic E-state index is 5.17. The molecule has 1 atom stereocenters. The van der Waals surface area contributed by atoms with E-state index in [-0.39, 0.29) is 0 Å². The number of thioether (sulfide) groups is 1. The molecule has 0 aliphatic carbocycles. The predicted octanol–water partition coefficient (Wildman–Crippen LogP) is 2.91. The van der Waals surface area contributed by atoms with Gasteiger partial charge in [0.05, 0.1) is 7.11 Å². The largest absolute Gasteiger partial charge is 0.497 e. The van der Waals surface area contributed by atoms with Crippen molar-refractivity contribution in [2.75, 3.05) is 19.9 Å². The molecule has 0 spiro atoms. The average molecular weight is 295 g/mol. The second-order valence-electron chi connectivity index (χ2n) is 4.03. The summed E-state index contributed by atoms with van der Waals surface area (Å²) in [5.41, 5.74) is 1.25. The molecule has 19 heavy (non-hydrogen) atoms. The van der Waals surface area contributed by atoms with Gasteiger partial charge in [0.1, 0.15) is 11.6 Å². The second-order valence-corrected chi connectivity index (χ2v) is 6.05. The summed E-state index contributed by atoms with van der Waals surface area (Å²) in [5.74, 6) is 2.65. The highest BCUT2D eigenvalue weighted by Crippen LogP contribution is 2.26. The molecule has 0 fully saturated rings. The van der Waals surface area contributed by atoms with Gasteiger partial charge in [-0.15, -0.1) is 0 Å². The van der Waals surface area contributed by atoms with Gasteiger partial charge in [-0.05, 0) is 43.2 Å². The summed E-state index contributed by atoms with van der Waals surface area (Å²) in [6, 6.07) is 8.44. The van der Waals surface area contributed by atoms with Crippen LogP contribution >= 0.6 is 23.3 Å². The Kier molecular flexibility index (Phi) is 5.18. The molecule has 0 aliphatic rings. The number of benzene rings is 1. The van der Waals surface area contributed by atoms with E-state index in [2.05, 4.69) is 26.8 Å². The van der Waals surface area contributed by atoms with Crippen molar-refractivity contribution >= 4 is 23.3 Å². The van der Waals surface area contributed by atoms with Crippen LogP contribution in [0.15, 0.2) is 28.6 Å². The number of hydrogen-bond donors (Lipinski definition) is 1. The first-order chi connectivity index (χ1) is 9.22. The van der Waals surface area contributed by atoms with E-state index in [4.69, 9.17) is 4.74 Å². The van der Waals surface area contributed by atoms with Crippen LogP contribution in [0.3, 0.4) is 0 Å². The zero-order valence-electron chi connectivity index (χ0n) is 11.2. The van der Waals surface area contributed by atoms with Gasteiger partial charge >= 0.3 is 0 Å². The van der Waals surface area contributed by atoms with Gasteiger partial charge in [-0.1, -0.05) is 23.9 Å². The summed E-state index contributed by atoms with van der Waals surface area (Å²) >= 11 is 3.19. The second kappa shape index (κ2) is 6.88. The average Bonchev–Trinajstić information content (AvgIpc) is 2.86. The van der Waals surface area contributed by atoms with Gasteiger partial charge in [-0.3, -0.25) is 0 Å². The van der Waals surface area contributed by atoms with Crippen LogP contribution in [0.2, 0.25) is 0 Å². The maximum absolute atomic E-state index is 5.17. The Hall–Kier alpha value is -1.11. The quantitative estimate of drug-likeness (QED) is 0.830. The summed E-state index contributed by atoms with van der Waals surface area (Å²) in [4.78, 5) is 4.36. The maximum Gasteiger partial charge on any atom is 0.170 e. The normalized spacial score (nSPS) is 12.4. The fraction of sp³-hybridized carbons (Fsp3) is 0.385. The smallest absolute Gasteiger partial charge is 0.170 e. The van der Waals surface area contributed by atoms with Crippen LogP contribution in [-0.4, -0.2) is 29.3 Å². The highest BCUT2D eigenvalue weighted by Gasteiger charge is 2.11. The zero-order chi connectivity index (χ0) is 13.7. The van der Waals surface area contributed by atoms with Crippen LogP contribution in [0.4, 0.5) is 0 Å². The fourth-order valence-corrected chi connectivity index (χ4v) is 3.49. The first-order valence-corrected chi connectivity index (χ1v) is 7.73. The van der Waals surface area contributed by atoms with Crippen LogP contribution in [0.5, 0.6) is 5.75 Å². The number of ether oxygens (including phenoxy) is 1. The Bertz CT molecular complexity index is 513. The number of rotatable bonds is 6. The molecule has 0 aliphatic heterocycles. The lowest BCUT2D eigenvalue weighted by molar-refractivity contribution is 0.414. The molecule has 0 saturated carbocycles. The summed E-state index contributed by atoms with van der Waals surface area (Å²) < 4.78 is 10.4. The summed E-state index contributed by atoms with van der Waals surface area (Å²) in [7, 11) is 3.65. The minimum Gasteiger partial charge on any atom is -0.497 e. The summed E-state index contributed by atoms with van der Waals surface area (Å²) in [6.07, 6.45) is 0. The minimum absolute atomic E-state index is 0.292. The molecule has 0 amide bonds. The Morgan fingerprint density at radius 3 is 2.63 bits per heavy atom. The molecular formula is C13H17N3OS2. The fourth-order valence-electron chi connectivity index (χ4n) is 1.67. The zero-order valence-corrected chi connectivity index (χ0v) is 12.8. The monoisotopic (exact) mass is 295 g/mol. The van der Waals surface area contributed by atoms with Crippen molar-refractivity contribution in [2.24, 2.45) is 0 Å². The van der Waals surface area contributed by atoms with Gasteiger partial charge in [-0.2, -0.15) is 4.37 Å². The Morgan fingerprint density at radius 1 is 1.37 bits per heavy atom. The van der Waals surface area contributed by atoms with E-state index in [9.17, 15) is 0 Å². The van der Waals surface area contributed by atoms with Gasteiger partial charge in [0.2, 0.25) is 0 Å². The van der Waals surface area contributed by atoms with Gasteiger partial charge < -0.3 is 10.1 Å². The van der Waals surface area contributed by atoms with E-state index in [1.165, 1.54) is 17.1 Å². The summed E-state index contributed by atoms with van der Waals surface area (Å²) in [5, 5.41) is 3.33. The number of aromatic nitrogens is 2. The van der Waals surface area contributed by atoms with E-state index >= 15 is 0 Å². The molecule has 1 aromatic carbocycles. The van der Waals surface area contributed by atoms with E-state index in [1.807, 2.05) is 26.1 Å². The molecule has 0 bridgehead atoms. The molecule has 1 unspecified atom stereocenters. The van der Waals surface area contributed by atoms with E-state index in [0.717, 1.165) is 21.7 Å². The lowest BCUT2D eigenvalue weighted by Crippen LogP contribution is -2.18. The van der Waals surface area contributed by atoms with Crippen molar-refractivity contribution in [1.82, 2.24) is 14.7 Å². The van der Waals surface area contributed by atoms with Crippen LogP contribution in [0, 0.1) is 6.92 Å². The first-order valence-electron chi connectivity index (χ1n) is 5.97. The third-order valence-electron chi connectivity index (χ3n) is 2.75. The third kappa shape index (κ3) is 3.92. The topological polar surface area (TPSA) is 47.0 Å². The standard InChI is InChI=1S/C13H17N3OS2/c1-9-15-13(19-16-9)18-8-12(14-2)10-4-6-11(17-3)7-5-10/h4-7,12,14H,8H2,1-3H3. The SMILES string of the molecule is CNC(CSc1nc(C)ns1)c1ccc(OC)cc1. The van der Waals surface area contributed by atoms with Gasteiger partial charge in [0.25, 0.3) is 0 Å². The number of aryl methyl sites for hydroxylation is 1. The molecule has 1 aromatic heterocycles. The minimum atomic E-state index is 0.292. The Labute approximate surface area is 121 Å². The van der Waals surface area contributed by atoms with Crippen LogP contribution in [-0.2, 0) is 0 Å². The molecule has 2 rings (SSSR count). The lowest BCUT2D eigenvalue weighted by atomic mass is 10.1. The van der Waals surface area contributed by atoms with Crippen LogP contribution in [0.1, 0.15) is 17.4 Å².